The van der Waals surface area contributed by atoms with Crippen LogP contribution in [-0.2, 0) is 20.9 Å². The monoisotopic (exact) mass is 393 g/mol. The van der Waals surface area contributed by atoms with E-state index < -0.39 is 35.8 Å². The number of ether oxygens (including phenoxy) is 1. The molecule has 0 unspecified atom stereocenters. The van der Waals surface area contributed by atoms with E-state index in [2.05, 4.69) is 5.32 Å². The van der Waals surface area contributed by atoms with E-state index in [0.29, 0.717) is 5.69 Å². The first-order valence-electron chi connectivity index (χ1n) is 8.88. The first-order chi connectivity index (χ1) is 13.9. The third-order valence-corrected chi connectivity index (χ3v) is 4.14. The molecule has 2 N–H and O–H groups in total. The lowest BCUT2D eigenvalue weighted by atomic mass is 10.0. The van der Waals surface area contributed by atoms with Crippen LogP contribution in [0.2, 0.25) is 0 Å². The molecule has 148 valence electrons. The second kappa shape index (κ2) is 8.83. The number of rotatable bonds is 6. The Bertz CT molecular complexity index is 1130. The third-order valence-electron chi connectivity index (χ3n) is 4.14. The first-order valence-corrected chi connectivity index (χ1v) is 8.88. The van der Waals surface area contributed by atoms with Gasteiger partial charge in [-0.1, -0.05) is 48.5 Å². The lowest BCUT2D eigenvalue weighted by Gasteiger charge is -2.16. The van der Waals surface area contributed by atoms with Crippen molar-refractivity contribution in [2.24, 2.45) is 0 Å². The van der Waals surface area contributed by atoms with Gasteiger partial charge in [-0.25, -0.2) is 4.79 Å². The second-order valence-electron chi connectivity index (χ2n) is 6.27. The van der Waals surface area contributed by atoms with Crippen molar-refractivity contribution in [1.29, 1.82) is 0 Å². The fourth-order valence-corrected chi connectivity index (χ4v) is 2.69. The molecule has 1 amide bonds. The summed E-state index contributed by atoms with van der Waals surface area (Å²) in [6, 6.07) is 18.0. The molecule has 1 aromatic heterocycles. The van der Waals surface area contributed by atoms with Gasteiger partial charge in [-0.2, -0.15) is 0 Å². The van der Waals surface area contributed by atoms with Gasteiger partial charge in [-0.3, -0.25) is 23.9 Å². The van der Waals surface area contributed by atoms with E-state index in [1.807, 2.05) is 47.4 Å². The number of para-hydroxylation sites is 1. The van der Waals surface area contributed by atoms with Crippen LogP contribution in [0.3, 0.4) is 0 Å². The predicted molar refractivity (Wildman–Crippen MR) is 107 cm³/mol. The van der Waals surface area contributed by atoms with Gasteiger partial charge in [0.05, 0.1) is 0 Å². The Labute approximate surface area is 165 Å². The number of esters is 1. The summed E-state index contributed by atoms with van der Waals surface area (Å²) in [6.07, 6.45) is 0.105. The summed E-state index contributed by atoms with van der Waals surface area (Å²) >= 11 is 0. The predicted octanol–water partition coefficient (Wildman–Crippen LogP) is 1.77. The number of carbonyl (C=O) groups is 2. The Hall–Kier alpha value is -3.94. The molecule has 3 aromatic rings. The summed E-state index contributed by atoms with van der Waals surface area (Å²) in [7, 11) is 0. The van der Waals surface area contributed by atoms with Crippen LogP contribution in [0, 0.1) is 0 Å². The molecule has 0 radical (unpaired) electrons. The molecule has 0 aliphatic carbocycles. The molecule has 1 atom stereocenters. The number of nitrogens with one attached hydrogen (secondary N) is 2. The fraction of sp³-hybridized carbons (Fsp3) is 0.143. The molecule has 0 aliphatic rings. The number of H-pyrrole nitrogens is 1. The van der Waals surface area contributed by atoms with Gasteiger partial charge in [0.1, 0.15) is 6.54 Å². The van der Waals surface area contributed by atoms with E-state index in [1.165, 1.54) is 13.1 Å². The van der Waals surface area contributed by atoms with Crippen molar-refractivity contribution in [3.05, 3.63) is 87.7 Å². The Balaban J connectivity index is 1.66. The molecular weight excluding hydrogens is 374 g/mol. The van der Waals surface area contributed by atoms with Crippen LogP contribution in [0.15, 0.2) is 76.4 Å². The first kappa shape index (κ1) is 19.8. The Kier molecular flexibility index (Phi) is 6.03. The molecule has 3 rings (SSSR count). The molecule has 0 bridgehead atoms. The minimum Gasteiger partial charge on any atom is -0.451 e. The van der Waals surface area contributed by atoms with Gasteiger partial charge in [0.2, 0.25) is 0 Å². The molecule has 0 saturated carbocycles. The molecule has 2 aromatic carbocycles. The van der Waals surface area contributed by atoms with E-state index in [1.54, 1.807) is 12.1 Å². The number of carbonyl (C=O) groups excluding carboxylic acids is 2. The molecular formula is C21H19N3O5. The highest BCUT2D eigenvalue weighted by atomic mass is 16.5. The maximum absolute atomic E-state index is 12.5. The van der Waals surface area contributed by atoms with Crippen LogP contribution < -0.4 is 16.6 Å². The highest BCUT2D eigenvalue weighted by Gasteiger charge is 2.19. The lowest BCUT2D eigenvalue weighted by Crippen LogP contribution is -2.35. The number of benzene rings is 2. The summed E-state index contributed by atoms with van der Waals surface area (Å²) in [5.41, 5.74) is 1.06. The van der Waals surface area contributed by atoms with E-state index in [9.17, 15) is 19.2 Å². The summed E-state index contributed by atoms with van der Waals surface area (Å²) in [5.74, 6) is -1.28. The van der Waals surface area contributed by atoms with Gasteiger partial charge in [0, 0.05) is 23.5 Å². The average molecular weight is 393 g/mol. The van der Waals surface area contributed by atoms with Crippen molar-refractivity contribution in [3.63, 3.8) is 0 Å². The fourth-order valence-electron chi connectivity index (χ4n) is 2.69. The number of aromatic nitrogens is 2. The van der Waals surface area contributed by atoms with Crippen LogP contribution in [0.25, 0.3) is 11.1 Å². The highest BCUT2D eigenvalue weighted by molar-refractivity contribution is 5.98. The van der Waals surface area contributed by atoms with Gasteiger partial charge in [-0.05, 0) is 18.6 Å². The molecule has 8 heteroatoms. The maximum atomic E-state index is 12.5. The summed E-state index contributed by atoms with van der Waals surface area (Å²) in [6.45, 7) is 1.02. The zero-order valence-electron chi connectivity index (χ0n) is 15.6. The third kappa shape index (κ3) is 5.07. The van der Waals surface area contributed by atoms with Crippen LogP contribution >= 0.6 is 0 Å². The molecule has 1 heterocycles. The molecule has 8 nitrogen and oxygen atoms in total. The van der Waals surface area contributed by atoms with Crippen LogP contribution in [-0.4, -0.2) is 27.5 Å². The van der Waals surface area contributed by atoms with Crippen molar-refractivity contribution in [2.45, 2.75) is 19.6 Å². The minimum absolute atomic E-state index is 0.423. The van der Waals surface area contributed by atoms with E-state index >= 15 is 0 Å². The van der Waals surface area contributed by atoms with Crippen molar-refractivity contribution >= 4 is 17.6 Å². The molecule has 0 fully saturated rings. The quantitative estimate of drug-likeness (QED) is 0.620. The number of nitrogens with zero attached hydrogens (tertiary/aromatic N) is 1. The number of hydrogen-bond acceptors (Lipinski definition) is 5. The maximum Gasteiger partial charge on any atom is 0.328 e. The summed E-state index contributed by atoms with van der Waals surface area (Å²) < 4.78 is 6.10. The van der Waals surface area contributed by atoms with Gasteiger partial charge in [-0.15, -0.1) is 0 Å². The van der Waals surface area contributed by atoms with Gasteiger partial charge >= 0.3 is 11.7 Å². The Morgan fingerprint density at radius 3 is 2.45 bits per heavy atom. The minimum atomic E-state index is -1.08. The number of amides is 1. The average Bonchev–Trinajstić information content (AvgIpc) is 2.71. The van der Waals surface area contributed by atoms with Crippen molar-refractivity contribution in [3.8, 4) is 11.1 Å². The lowest BCUT2D eigenvalue weighted by molar-refractivity contribution is -0.153. The van der Waals surface area contributed by atoms with Gasteiger partial charge < -0.3 is 10.1 Å². The van der Waals surface area contributed by atoms with Gasteiger partial charge in [0.25, 0.3) is 11.5 Å². The number of hydrogen-bond donors (Lipinski definition) is 2. The van der Waals surface area contributed by atoms with Crippen molar-refractivity contribution in [2.75, 3.05) is 5.32 Å². The second-order valence-corrected chi connectivity index (χ2v) is 6.27. The van der Waals surface area contributed by atoms with E-state index in [0.717, 1.165) is 21.8 Å². The largest absolute Gasteiger partial charge is 0.451 e. The van der Waals surface area contributed by atoms with Crippen LogP contribution in [0.1, 0.15) is 6.92 Å². The molecule has 0 aliphatic heterocycles. The molecule has 29 heavy (non-hydrogen) atoms. The smallest absolute Gasteiger partial charge is 0.328 e. The topological polar surface area (TPSA) is 110 Å². The standard InChI is InChI=1S/C21H19N3O5/c1-14(29-19(26)13-24-12-11-18(25)23-21(24)28)20(27)22-17-10-6-5-9-16(17)15-7-3-2-4-8-15/h2-12,14H,13H2,1H3,(H,22,27)(H,23,25,28)/t14-/m0/s1. The normalized spacial score (nSPS) is 11.5. The van der Waals surface area contributed by atoms with Gasteiger partial charge in [0.15, 0.2) is 6.10 Å². The zero-order chi connectivity index (χ0) is 20.8. The van der Waals surface area contributed by atoms with Crippen LogP contribution in [0.4, 0.5) is 5.69 Å². The van der Waals surface area contributed by atoms with Crippen molar-refractivity contribution < 1.29 is 14.3 Å². The van der Waals surface area contributed by atoms with Crippen LogP contribution in [0.5, 0.6) is 0 Å². The number of anilines is 1. The molecule has 0 saturated heterocycles. The number of aromatic amines is 1. The zero-order valence-corrected chi connectivity index (χ0v) is 15.6. The highest BCUT2D eigenvalue weighted by Crippen LogP contribution is 2.27. The van der Waals surface area contributed by atoms with Crippen molar-refractivity contribution in [1.82, 2.24) is 9.55 Å². The van der Waals surface area contributed by atoms with E-state index in [-0.39, 0.29) is 0 Å². The molecule has 0 spiro atoms. The summed E-state index contributed by atoms with van der Waals surface area (Å²) in [5, 5.41) is 2.76. The van der Waals surface area contributed by atoms with E-state index in [4.69, 9.17) is 4.74 Å². The Morgan fingerprint density at radius 2 is 1.72 bits per heavy atom. The summed E-state index contributed by atoms with van der Waals surface area (Å²) in [4.78, 5) is 49.3. The SMILES string of the molecule is C[C@H](OC(=O)Cn1ccc(=O)[nH]c1=O)C(=O)Nc1ccccc1-c1ccccc1. The Morgan fingerprint density at radius 1 is 1.03 bits per heavy atom.